The number of hydrogen-bond donors (Lipinski definition) is 1. The Morgan fingerprint density at radius 2 is 1.79 bits per heavy atom. The highest BCUT2D eigenvalue weighted by Gasteiger charge is 2.28. The lowest BCUT2D eigenvalue weighted by molar-refractivity contribution is 0.00709. The molecule has 0 aliphatic carbocycles. The first-order chi connectivity index (χ1) is 13.6. The van der Waals surface area contributed by atoms with E-state index in [9.17, 15) is 24.8 Å². The van der Waals surface area contributed by atoms with Gasteiger partial charge in [0.1, 0.15) is 17.2 Å². The number of ether oxygens (including phenoxy) is 1. The van der Waals surface area contributed by atoms with Gasteiger partial charge in [-0.2, -0.15) is 9.83 Å². The summed E-state index contributed by atoms with van der Waals surface area (Å²) in [5.74, 6) is -0.802. The van der Waals surface area contributed by atoms with Crippen molar-refractivity contribution in [1.82, 2.24) is 9.13 Å². The summed E-state index contributed by atoms with van der Waals surface area (Å²) < 4.78 is 7.17. The molecule has 0 radical (unpaired) electrons. The molecule has 0 fully saturated rings. The summed E-state index contributed by atoms with van der Waals surface area (Å²) in [6.07, 6.45) is -1.48. The summed E-state index contributed by atoms with van der Waals surface area (Å²) >= 11 is 0. The molecular weight excluding hydrogens is 374 g/mol. The first-order valence-corrected chi connectivity index (χ1v) is 8.83. The Morgan fingerprint density at radius 1 is 1.14 bits per heavy atom. The zero-order valence-electron chi connectivity index (χ0n) is 16.2. The first-order valence-electron chi connectivity index (χ1n) is 8.83. The molecule has 8 heteroatoms. The van der Waals surface area contributed by atoms with Gasteiger partial charge in [0.2, 0.25) is 0 Å². The molecule has 0 unspecified atom stereocenters. The summed E-state index contributed by atoms with van der Waals surface area (Å²) in [5.41, 5.74) is -1.00. The molecule has 0 saturated heterocycles. The molecule has 0 bridgehead atoms. The van der Waals surface area contributed by atoms with E-state index in [-0.39, 0.29) is 28.7 Å². The Labute approximate surface area is 166 Å². The number of rotatable bonds is 3. The second-order valence-corrected chi connectivity index (χ2v) is 7.44. The zero-order valence-corrected chi connectivity index (χ0v) is 16.2. The van der Waals surface area contributed by atoms with Crippen LogP contribution in [-0.2, 0) is 11.3 Å². The third-order valence-corrected chi connectivity index (χ3v) is 4.19. The Bertz CT molecular complexity index is 1210. The van der Waals surface area contributed by atoms with Gasteiger partial charge >= 0.3 is 17.8 Å². The van der Waals surface area contributed by atoms with E-state index in [1.54, 1.807) is 45.0 Å². The van der Waals surface area contributed by atoms with Gasteiger partial charge in [-0.3, -0.25) is 4.57 Å². The molecule has 0 aliphatic rings. The van der Waals surface area contributed by atoms with Crippen molar-refractivity contribution in [2.24, 2.45) is 0 Å². The maximum Gasteiger partial charge on any atom is 0.420 e. The van der Waals surface area contributed by atoms with Crippen LogP contribution in [0.2, 0.25) is 0 Å². The number of imidazole rings is 1. The van der Waals surface area contributed by atoms with Crippen LogP contribution in [-0.4, -0.2) is 31.9 Å². The average molecular weight is 393 g/mol. The second kappa shape index (κ2) is 7.28. The number of aromatic nitrogens is 2. The highest BCUT2D eigenvalue weighted by molar-refractivity contribution is 6.06. The van der Waals surface area contributed by atoms with E-state index in [4.69, 9.17) is 4.74 Å². The standard InChI is InChI=1S/C21H19N3O5/c1-21(2,3)29-18(25)16-14(11-22)9-10-15-17(16)23(19(26)24(15)20(27)28)12-13-7-5-4-6-8-13/h4-10H,12H2,1-3H3,(H,27,28). The Hall–Kier alpha value is -3.86. The SMILES string of the molecule is CC(C)(C)OC(=O)c1c(C#N)ccc2c1n(Cc1ccccc1)c(=O)n2C(=O)O. The minimum Gasteiger partial charge on any atom is -0.464 e. The van der Waals surface area contributed by atoms with Crippen LogP contribution in [0.4, 0.5) is 4.79 Å². The second-order valence-electron chi connectivity index (χ2n) is 7.44. The topological polar surface area (TPSA) is 114 Å². The van der Waals surface area contributed by atoms with Gasteiger partial charge in [0.25, 0.3) is 0 Å². The highest BCUT2D eigenvalue weighted by atomic mass is 16.6. The van der Waals surface area contributed by atoms with Gasteiger partial charge in [0.15, 0.2) is 0 Å². The molecule has 3 aromatic rings. The van der Waals surface area contributed by atoms with Crippen LogP contribution >= 0.6 is 0 Å². The van der Waals surface area contributed by atoms with Gasteiger partial charge in [0.05, 0.1) is 23.1 Å². The molecule has 3 rings (SSSR count). The number of benzene rings is 2. The van der Waals surface area contributed by atoms with Crippen LogP contribution in [0.1, 0.15) is 42.3 Å². The van der Waals surface area contributed by atoms with Crippen LogP contribution < -0.4 is 5.69 Å². The molecule has 1 heterocycles. The molecule has 0 spiro atoms. The number of hydrogen-bond acceptors (Lipinski definition) is 5. The number of nitrogens with zero attached hydrogens (tertiary/aromatic N) is 3. The van der Waals surface area contributed by atoms with E-state index < -0.39 is 23.4 Å². The van der Waals surface area contributed by atoms with Crippen molar-refractivity contribution in [2.45, 2.75) is 32.9 Å². The molecule has 0 saturated carbocycles. The van der Waals surface area contributed by atoms with Gasteiger partial charge in [-0.1, -0.05) is 30.3 Å². The zero-order chi connectivity index (χ0) is 21.3. The third-order valence-electron chi connectivity index (χ3n) is 4.19. The largest absolute Gasteiger partial charge is 0.464 e. The van der Waals surface area contributed by atoms with Crippen molar-refractivity contribution in [3.05, 3.63) is 69.6 Å². The molecule has 0 aliphatic heterocycles. The molecular formula is C21H19N3O5. The van der Waals surface area contributed by atoms with Crippen LogP contribution in [0.3, 0.4) is 0 Å². The van der Waals surface area contributed by atoms with E-state index in [1.807, 2.05) is 12.1 Å². The van der Waals surface area contributed by atoms with Crippen molar-refractivity contribution in [3.63, 3.8) is 0 Å². The minimum atomic E-state index is -1.48. The molecule has 8 nitrogen and oxygen atoms in total. The lowest BCUT2D eigenvalue weighted by Crippen LogP contribution is -2.29. The number of fused-ring (bicyclic) bond motifs is 1. The number of carbonyl (C=O) groups is 2. The van der Waals surface area contributed by atoms with E-state index in [0.29, 0.717) is 4.57 Å². The predicted molar refractivity (Wildman–Crippen MR) is 105 cm³/mol. The van der Waals surface area contributed by atoms with Gasteiger partial charge < -0.3 is 9.84 Å². The van der Waals surface area contributed by atoms with Crippen molar-refractivity contribution in [3.8, 4) is 6.07 Å². The maximum atomic E-state index is 12.9. The number of carboxylic acid groups (broad SMARTS) is 1. The minimum absolute atomic E-state index is 0.00361. The van der Waals surface area contributed by atoms with E-state index in [0.717, 1.165) is 5.56 Å². The predicted octanol–water partition coefficient (Wildman–Crippen LogP) is 3.20. The first kappa shape index (κ1) is 19.9. The van der Waals surface area contributed by atoms with Gasteiger partial charge in [-0.25, -0.2) is 14.4 Å². The quantitative estimate of drug-likeness (QED) is 0.684. The fourth-order valence-corrected chi connectivity index (χ4v) is 3.08. The number of nitriles is 1. The normalized spacial score (nSPS) is 11.2. The number of carbonyl (C=O) groups excluding carboxylic acids is 1. The number of esters is 1. The molecule has 1 aromatic heterocycles. The molecule has 2 aromatic carbocycles. The van der Waals surface area contributed by atoms with Crippen LogP contribution in [0.25, 0.3) is 11.0 Å². The Kier molecular flexibility index (Phi) is 4.99. The maximum absolute atomic E-state index is 12.9. The van der Waals surface area contributed by atoms with E-state index in [2.05, 4.69) is 0 Å². The van der Waals surface area contributed by atoms with Gasteiger partial charge in [0, 0.05) is 0 Å². The lowest BCUT2D eigenvalue weighted by atomic mass is 10.1. The van der Waals surface area contributed by atoms with Gasteiger partial charge in [-0.15, -0.1) is 0 Å². The van der Waals surface area contributed by atoms with E-state index >= 15 is 0 Å². The van der Waals surface area contributed by atoms with Crippen molar-refractivity contribution < 1.29 is 19.4 Å². The van der Waals surface area contributed by atoms with Crippen LogP contribution in [0, 0.1) is 11.3 Å². The van der Waals surface area contributed by atoms with E-state index in [1.165, 1.54) is 16.7 Å². The summed E-state index contributed by atoms with van der Waals surface area (Å²) in [4.78, 5) is 37.5. The Balaban J connectivity index is 2.38. The van der Waals surface area contributed by atoms with Crippen molar-refractivity contribution >= 4 is 23.1 Å². The lowest BCUT2D eigenvalue weighted by Gasteiger charge is -2.20. The van der Waals surface area contributed by atoms with Crippen LogP contribution in [0.5, 0.6) is 0 Å². The van der Waals surface area contributed by atoms with Crippen molar-refractivity contribution in [1.29, 1.82) is 5.26 Å². The average Bonchev–Trinajstić information content (AvgIpc) is 2.92. The molecule has 1 N–H and O–H groups in total. The summed E-state index contributed by atoms with van der Waals surface area (Å²) in [5, 5.41) is 19.1. The molecule has 0 atom stereocenters. The fraction of sp³-hybridized carbons (Fsp3) is 0.238. The highest BCUT2D eigenvalue weighted by Crippen LogP contribution is 2.25. The fourth-order valence-electron chi connectivity index (χ4n) is 3.08. The summed E-state index contributed by atoms with van der Waals surface area (Å²) in [6.45, 7) is 5.06. The molecule has 0 amide bonds. The van der Waals surface area contributed by atoms with Crippen molar-refractivity contribution in [2.75, 3.05) is 0 Å². The summed E-state index contributed by atoms with van der Waals surface area (Å²) in [7, 11) is 0. The molecule has 148 valence electrons. The monoisotopic (exact) mass is 393 g/mol. The van der Waals surface area contributed by atoms with Crippen LogP contribution in [0.15, 0.2) is 47.3 Å². The third kappa shape index (κ3) is 3.75. The summed E-state index contributed by atoms with van der Waals surface area (Å²) in [6, 6.07) is 13.5. The van der Waals surface area contributed by atoms with Gasteiger partial charge in [-0.05, 0) is 38.5 Å². The molecule has 29 heavy (non-hydrogen) atoms. The Morgan fingerprint density at radius 3 is 2.34 bits per heavy atom. The smallest absolute Gasteiger partial charge is 0.420 e.